The van der Waals surface area contributed by atoms with Crippen LogP contribution in [0.2, 0.25) is 10.0 Å². The number of hydrogen-bond donors (Lipinski definition) is 1. The Morgan fingerprint density at radius 1 is 1.20 bits per heavy atom. The lowest BCUT2D eigenvalue weighted by molar-refractivity contribution is 0.0701. The largest absolute Gasteiger partial charge is 0.489 e. The smallest absolute Gasteiger partial charge is 0.347 e. The zero-order valence-corrected chi connectivity index (χ0v) is 15.5. The van der Waals surface area contributed by atoms with Crippen LogP contribution in [0.5, 0.6) is 5.75 Å². The molecule has 0 aliphatic rings. The molecule has 0 unspecified atom stereocenters. The Morgan fingerprint density at radius 3 is 2.52 bits per heavy atom. The summed E-state index contributed by atoms with van der Waals surface area (Å²) in [5.74, 6) is -0.347. The van der Waals surface area contributed by atoms with Gasteiger partial charge in [0.2, 0.25) is 0 Å². The first-order valence-electron chi connectivity index (χ1n) is 7.32. The van der Waals surface area contributed by atoms with Crippen LogP contribution < -0.4 is 4.74 Å². The number of carbonyl (C=O) groups is 1. The highest BCUT2D eigenvalue weighted by atomic mass is 35.5. The summed E-state index contributed by atoms with van der Waals surface area (Å²) >= 11 is 13.4. The lowest BCUT2D eigenvalue weighted by atomic mass is 10.2. The molecule has 1 aromatic heterocycles. The first-order chi connectivity index (χ1) is 12.0. The number of rotatable bonds is 5. The van der Waals surface area contributed by atoms with Gasteiger partial charge in [0.1, 0.15) is 22.2 Å². The third-order valence-corrected chi connectivity index (χ3v) is 5.42. The Kier molecular flexibility index (Phi) is 5.27. The molecule has 0 saturated heterocycles. The van der Waals surface area contributed by atoms with Gasteiger partial charge in [0.15, 0.2) is 0 Å². The molecule has 0 spiro atoms. The quantitative estimate of drug-likeness (QED) is 0.603. The van der Waals surface area contributed by atoms with Crippen molar-refractivity contribution in [2.24, 2.45) is 0 Å². The molecule has 1 N–H and O–H groups in total. The summed E-state index contributed by atoms with van der Waals surface area (Å²) in [6.07, 6.45) is 0. The molecule has 0 radical (unpaired) electrons. The van der Waals surface area contributed by atoms with E-state index in [1.54, 1.807) is 25.1 Å². The van der Waals surface area contributed by atoms with Crippen molar-refractivity contribution in [3.8, 4) is 16.3 Å². The minimum atomic E-state index is -0.970. The van der Waals surface area contributed by atoms with Crippen molar-refractivity contribution < 1.29 is 14.6 Å². The SMILES string of the molecule is Cc1nc(-c2cccc(OCc3c(Cl)cccc3Cl)c2)sc1C(=O)O. The molecule has 7 heteroatoms. The van der Waals surface area contributed by atoms with E-state index in [1.165, 1.54) is 0 Å². The van der Waals surface area contributed by atoms with Crippen LogP contribution in [-0.4, -0.2) is 16.1 Å². The number of carboxylic acids is 1. The van der Waals surface area contributed by atoms with Crippen molar-refractivity contribution in [3.63, 3.8) is 0 Å². The maximum atomic E-state index is 11.2. The fraction of sp³-hybridized carbons (Fsp3) is 0.111. The second-order valence-corrected chi connectivity index (χ2v) is 7.07. The van der Waals surface area contributed by atoms with E-state index >= 15 is 0 Å². The maximum absolute atomic E-state index is 11.2. The fourth-order valence-corrected chi connectivity index (χ4v) is 3.67. The Labute approximate surface area is 158 Å². The van der Waals surface area contributed by atoms with E-state index in [4.69, 9.17) is 33.0 Å². The summed E-state index contributed by atoms with van der Waals surface area (Å²) < 4.78 is 5.79. The van der Waals surface area contributed by atoms with Gasteiger partial charge in [-0.25, -0.2) is 9.78 Å². The summed E-state index contributed by atoms with van der Waals surface area (Å²) in [5, 5.41) is 10.9. The summed E-state index contributed by atoms with van der Waals surface area (Å²) in [6, 6.07) is 12.6. The van der Waals surface area contributed by atoms with Gasteiger partial charge < -0.3 is 9.84 Å². The number of benzene rings is 2. The molecule has 25 heavy (non-hydrogen) atoms. The predicted molar refractivity (Wildman–Crippen MR) is 100 cm³/mol. The van der Waals surface area contributed by atoms with Crippen LogP contribution in [0, 0.1) is 6.92 Å². The highest BCUT2D eigenvalue weighted by Crippen LogP contribution is 2.31. The molecule has 1 heterocycles. The maximum Gasteiger partial charge on any atom is 0.347 e. The first kappa shape index (κ1) is 17.7. The number of hydrogen-bond acceptors (Lipinski definition) is 4. The van der Waals surface area contributed by atoms with Crippen LogP contribution in [-0.2, 0) is 6.61 Å². The molecule has 128 valence electrons. The number of aromatic nitrogens is 1. The van der Waals surface area contributed by atoms with E-state index in [1.807, 2.05) is 24.3 Å². The van der Waals surface area contributed by atoms with Crippen LogP contribution >= 0.6 is 34.5 Å². The van der Waals surface area contributed by atoms with E-state index in [0.717, 1.165) is 22.5 Å². The third-order valence-electron chi connectivity index (χ3n) is 3.52. The summed E-state index contributed by atoms with van der Waals surface area (Å²) in [4.78, 5) is 15.7. The van der Waals surface area contributed by atoms with Crippen molar-refractivity contribution in [2.75, 3.05) is 0 Å². The number of thiazole rings is 1. The van der Waals surface area contributed by atoms with E-state index < -0.39 is 5.97 Å². The molecular formula is C18H13Cl2NO3S. The molecule has 0 saturated carbocycles. The highest BCUT2D eigenvalue weighted by Gasteiger charge is 2.15. The fourth-order valence-electron chi connectivity index (χ4n) is 2.26. The minimum Gasteiger partial charge on any atom is -0.489 e. The van der Waals surface area contributed by atoms with Gasteiger partial charge in [-0.05, 0) is 31.2 Å². The van der Waals surface area contributed by atoms with Gasteiger partial charge in [-0.2, -0.15) is 0 Å². The molecule has 0 amide bonds. The van der Waals surface area contributed by atoms with E-state index in [0.29, 0.717) is 26.5 Å². The van der Waals surface area contributed by atoms with E-state index in [9.17, 15) is 4.79 Å². The first-order valence-corrected chi connectivity index (χ1v) is 8.90. The van der Waals surface area contributed by atoms with Crippen LogP contribution in [0.4, 0.5) is 0 Å². The van der Waals surface area contributed by atoms with Gasteiger partial charge in [-0.1, -0.05) is 41.4 Å². The average molecular weight is 394 g/mol. The second kappa shape index (κ2) is 7.44. The average Bonchev–Trinajstić information content (AvgIpc) is 2.97. The monoisotopic (exact) mass is 393 g/mol. The number of aryl methyl sites for hydroxylation is 1. The van der Waals surface area contributed by atoms with Gasteiger partial charge >= 0.3 is 5.97 Å². The molecule has 0 aliphatic heterocycles. The molecule has 2 aromatic carbocycles. The van der Waals surface area contributed by atoms with Gasteiger partial charge in [0, 0.05) is 21.2 Å². The number of nitrogens with zero attached hydrogens (tertiary/aromatic N) is 1. The predicted octanol–water partition coefficient (Wildman–Crippen LogP) is 5.70. The zero-order valence-electron chi connectivity index (χ0n) is 13.1. The van der Waals surface area contributed by atoms with Crippen molar-refractivity contribution >= 4 is 40.5 Å². The van der Waals surface area contributed by atoms with Crippen LogP contribution in [0.1, 0.15) is 20.9 Å². The number of halogens is 2. The van der Waals surface area contributed by atoms with Gasteiger partial charge in [0.05, 0.1) is 5.69 Å². The highest BCUT2D eigenvalue weighted by molar-refractivity contribution is 7.17. The van der Waals surface area contributed by atoms with Crippen molar-refractivity contribution in [1.29, 1.82) is 0 Å². The van der Waals surface area contributed by atoms with E-state index in [2.05, 4.69) is 4.98 Å². The minimum absolute atomic E-state index is 0.235. The van der Waals surface area contributed by atoms with Crippen molar-refractivity contribution in [2.45, 2.75) is 13.5 Å². The molecule has 3 aromatic rings. The van der Waals surface area contributed by atoms with Crippen molar-refractivity contribution in [3.05, 3.63) is 68.6 Å². The molecule has 4 nitrogen and oxygen atoms in total. The Morgan fingerprint density at radius 2 is 1.88 bits per heavy atom. The van der Waals surface area contributed by atoms with Gasteiger partial charge in [-0.3, -0.25) is 0 Å². The van der Waals surface area contributed by atoms with Gasteiger partial charge in [0.25, 0.3) is 0 Å². The topological polar surface area (TPSA) is 59.4 Å². The third kappa shape index (κ3) is 3.95. The molecule has 0 fully saturated rings. The summed E-state index contributed by atoms with van der Waals surface area (Å²) in [7, 11) is 0. The molecular weight excluding hydrogens is 381 g/mol. The zero-order chi connectivity index (χ0) is 18.0. The van der Waals surface area contributed by atoms with Crippen molar-refractivity contribution in [1.82, 2.24) is 4.98 Å². The van der Waals surface area contributed by atoms with Crippen LogP contribution in [0.3, 0.4) is 0 Å². The molecule has 0 aliphatic carbocycles. The standard InChI is InChI=1S/C18H13Cl2NO3S/c1-10-16(18(22)23)25-17(21-10)11-4-2-5-12(8-11)24-9-13-14(19)6-3-7-15(13)20/h2-8H,9H2,1H3,(H,22,23). The van der Waals surface area contributed by atoms with Crippen LogP contribution in [0.25, 0.3) is 10.6 Å². The Balaban J connectivity index is 1.82. The molecule has 0 atom stereocenters. The summed E-state index contributed by atoms with van der Waals surface area (Å²) in [5.41, 5.74) is 2.01. The lowest BCUT2D eigenvalue weighted by Crippen LogP contribution is -1.97. The Bertz CT molecular complexity index is 920. The van der Waals surface area contributed by atoms with E-state index in [-0.39, 0.29) is 11.5 Å². The summed E-state index contributed by atoms with van der Waals surface area (Å²) in [6.45, 7) is 1.92. The van der Waals surface area contributed by atoms with Gasteiger partial charge in [-0.15, -0.1) is 11.3 Å². The Hall–Kier alpha value is -2.08. The number of ether oxygens (including phenoxy) is 1. The lowest BCUT2D eigenvalue weighted by Gasteiger charge is -2.10. The normalized spacial score (nSPS) is 10.7. The number of carboxylic acid groups (broad SMARTS) is 1. The molecule has 0 bridgehead atoms. The molecule has 3 rings (SSSR count). The number of aromatic carboxylic acids is 1. The second-order valence-electron chi connectivity index (χ2n) is 5.26. The van der Waals surface area contributed by atoms with Crippen LogP contribution in [0.15, 0.2) is 42.5 Å².